The molecule has 0 aromatic heterocycles. The Kier molecular flexibility index (Phi) is 7.36. The van der Waals surface area contributed by atoms with Crippen LogP contribution in [-0.4, -0.2) is 51.6 Å². The van der Waals surface area contributed by atoms with Crippen LogP contribution in [0.5, 0.6) is 0 Å². The van der Waals surface area contributed by atoms with Crippen molar-refractivity contribution in [3.05, 3.63) is 28.8 Å². The summed E-state index contributed by atoms with van der Waals surface area (Å²) in [6.45, 7) is 0.865. The minimum absolute atomic E-state index is 0.0627. The molecule has 0 spiro atoms. The normalized spacial score (nSPS) is 21.4. The summed E-state index contributed by atoms with van der Waals surface area (Å²) in [4.78, 5) is 14.7. The molecule has 0 radical (unpaired) electrons. The van der Waals surface area contributed by atoms with E-state index in [-0.39, 0.29) is 34.5 Å². The van der Waals surface area contributed by atoms with Crippen molar-refractivity contribution in [2.24, 2.45) is 0 Å². The molecule has 1 saturated carbocycles. The minimum Gasteiger partial charge on any atom is -0.377 e. The van der Waals surface area contributed by atoms with Gasteiger partial charge in [-0.3, -0.25) is 4.79 Å². The van der Waals surface area contributed by atoms with E-state index in [1.54, 1.807) is 18.0 Å². The Morgan fingerprint density at radius 3 is 2.54 bits per heavy atom. The van der Waals surface area contributed by atoms with Crippen LogP contribution in [0.15, 0.2) is 23.1 Å². The van der Waals surface area contributed by atoms with E-state index in [2.05, 4.69) is 4.72 Å². The van der Waals surface area contributed by atoms with Crippen molar-refractivity contribution in [3.8, 4) is 0 Å². The van der Waals surface area contributed by atoms with Crippen LogP contribution in [0.25, 0.3) is 0 Å². The topological polar surface area (TPSA) is 75.7 Å². The molecule has 156 valence electrons. The van der Waals surface area contributed by atoms with E-state index in [9.17, 15) is 13.2 Å². The van der Waals surface area contributed by atoms with Gasteiger partial charge in [-0.1, -0.05) is 37.3 Å². The van der Waals surface area contributed by atoms with Crippen molar-refractivity contribution < 1.29 is 17.9 Å². The van der Waals surface area contributed by atoms with Crippen molar-refractivity contribution in [1.29, 1.82) is 0 Å². The van der Waals surface area contributed by atoms with E-state index in [1.807, 2.05) is 0 Å². The van der Waals surface area contributed by atoms with E-state index < -0.39 is 10.0 Å². The number of carbonyl (C=O) groups excluding carboxylic acids is 1. The molecule has 1 aliphatic carbocycles. The molecule has 1 unspecified atom stereocenters. The van der Waals surface area contributed by atoms with Crippen molar-refractivity contribution in [1.82, 2.24) is 9.62 Å². The quantitative estimate of drug-likeness (QED) is 0.702. The van der Waals surface area contributed by atoms with Gasteiger partial charge in [0.15, 0.2) is 0 Å². The fourth-order valence-corrected chi connectivity index (χ4v) is 5.53. The summed E-state index contributed by atoms with van der Waals surface area (Å²) in [6, 6.07) is 4.66. The van der Waals surface area contributed by atoms with Gasteiger partial charge in [-0.15, -0.1) is 0 Å². The highest BCUT2D eigenvalue weighted by Crippen LogP contribution is 2.26. The molecule has 1 atom stereocenters. The molecule has 1 aliphatic heterocycles. The van der Waals surface area contributed by atoms with Gasteiger partial charge in [0.05, 0.1) is 11.1 Å². The Morgan fingerprint density at radius 1 is 1.18 bits per heavy atom. The Bertz CT molecular complexity index is 785. The first-order valence-corrected chi connectivity index (χ1v) is 11.9. The van der Waals surface area contributed by atoms with E-state index in [0.29, 0.717) is 12.2 Å². The summed E-state index contributed by atoms with van der Waals surface area (Å²) >= 11 is 6.16. The summed E-state index contributed by atoms with van der Waals surface area (Å²) < 4.78 is 33.5. The summed E-state index contributed by atoms with van der Waals surface area (Å²) in [6.07, 6.45) is 8.29. The summed E-state index contributed by atoms with van der Waals surface area (Å²) in [5, 5.41) is 0.105. The monoisotopic (exact) mass is 428 g/mol. The molecule has 1 aromatic carbocycles. The average molecular weight is 429 g/mol. The first-order valence-electron chi connectivity index (χ1n) is 10.1. The van der Waals surface area contributed by atoms with Crippen LogP contribution in [0, 0.1) is 0 Å². The zero-order chi connectivity index (χ0) is 20.1. The standard InChI is InChI=1S/C20H29ClN2O4S/c1-23(16-7-4-2-3-5-8-16)20(24)15-10-11-18(21)19(13-15)28(25,26)22-14-17-9-6-12-27-17/h10-11,13,16-17,22H,2-9,12,14H2,1H3. The van der Waals surface area contributed by atoms with Gasteiger partial charge in [0, 0.05) is 31.8 Å². The lowest BCUT2D eigenvalue weighted by atomic mass is 10.1. The fraction of sp³-hybridized carbons (Fsp3) is 0.650. The molecule has 1 saturated heterocycles. The highest BCUT2D eigenvalue weighted by atomic mass is 35.5. The lowest BCUT2D eigenvalue weighted by Gasteiger charge is -2.27. The molecular weight excluding hydrogens is 400 g/mol. The van der Waals surface area contributed by atoms with Gasteiger partial charge in [0.2, 0.25) is 10.0 Å². The average Bonchev–Trinajstić information content (AvgIpc) is 3.06. The van der Waals surface area contributed by atoms with Crippen LogP contribution in [0.2, 0.25) is 5.02 Å². The lowest BCUT2D eigenvalue weighted by molar-refractivity contribution is 0.0717. The Hall–Kier alpha value is -1.15. The van der Waals surface area contributed by atoms with Gasteiger partial charge in [0.1, 0.15) is 4.90 Å². The van der Waals surface area contributed by atoms with E-state index in [0.717, 1.165) is 38.5 Å². The summed E-state index contributed by atoms with van der Waals surface area (Å²) in [5.74, 6) is -0.167. The largest absolute Gasteiger partial charge is 0.377 e. The molecule has 1 heterocycles. The Morgan fingerprint density at radius 2 is 1.89 bits per heavy atom. The van der Waals surface area contributed by atoms with Crippen LogP contribution in [0.4, 0.5) is 0 Å². The molecule has 28 heavy (non-hydrogen) atoms. The molecule has 3 rings (SSSR count). The third-order valence-electron chi connectivity index (χ3n) is 5.69. The third-order valence-corrected chi connectivity index (χ3v) is 7.59. The zero-order valence-electron chi connectivity index (χ0n) is 16.3. The maximum absolute atomic E-state index is 13.0. The van der Waals surface area contributed by atoms with Crippen LogP contribution < -0.4 is 4.72 Å². The number of nitrogens with one attached hydrogen (secondary N) is 1. The maximum Gasteiger partial charge on any atom is 0.253 e. The number of rotatable bonds is 6. The molecule has 1 amide bonds. The van der Waals surface area contributed by atoms with Crippen molar-refractivity contribution in [2.45, 2.75) is 68.4 Å². The number of hydrogen-bond donors (Lipinski definition) is 1. The number of halogens is 1. The summed E-state index contributed by atoms with van der Waals surface area (Å²) in [5.41, 5.74) is 0.341. The van der Waals surface area contributed by atoms with Crippen molar-refractivity contribution in [2.75, 3.05) is 20.2 Å². The Labute approximate surface area is 172 Å². The van der Waals surface area contributed by atoms with Crippen LogP contribution in [0.3, 0.4) is 0 Å². The zero-order valence-corrected chi connectivity index (χ0v) is 17.9. The second kappa shape index (κ2) is 9.57. The predicted octanol–water partition coefficient (Wildman–Crippen LogP) is 3.59. The van der Waals surface area contributed by atoms with Crippen LogP contribution >= 0.6 is 11.6 Å². The molecule has 8 heteroatoms. The first kappa shape index (κ1) is 21.6. The smallest absolute Gasteiger partial charge is 0.253 e. The van der Waals surface area contributed by atoms with Gasteiger partial charge in [-0.05, 0) is 43.9 Å². The number of amides is 1. The fourth-order valence-electron chi connectivity index (χ4n) is 3.94. The van der Waals surface area contributed by atoms with Gasteiger partial charge < -0.3 is 9.64 Å². The first-order chi connectivity index (χ1) is 13.4. The maximum atomic E-state index is 13.0. The van der Waals surface area contributed by atoms with Crippen LogP contribution in [0.1, 0.15) is 61.7 Å². The predicted molar refractivity (Wildman–Crippen MR) is 109 cm³/mol. The third kappa shape index (κ3) is 5.26. The highest BCUT2D eigenvalue weighted by molar-refractivity contribution is 7.89. The second-order valence-electron chi connectivity index (χ2n) is 7.69. The number of sulfonamides is 1. The van der Waals surface area contributed by atoms with Gasteiger partial charge in [-0.2, -0.15) is 0 Å². The van der Waals surface area contributed by atoms with Crippen molar-refractivity contribution >= 4 is 27.5 Å². The second-order valence-corrected chi connectivity index (χ2v) is 9.84. The molecule has 0 bridgehead atoms. The number of benzene rings is 1. The molecule has 2 fully saturated rings. The molecule has 6 nitrogen and oxygen atoms in total. The van der Waals surface area contributed by atoms with Crippen molar-refractivity contribution in [3.63, 3.8) is 0 Å². The van der Waals surface area contributed by atoms with E-state index >= 15 is 0 Å². The lowest BCUT2D eigenvalue weighted by Crippen LogP contribution is -2.37. The van der Waals surface area contributed by atoms with E-state index in [4.69, 9.17) is 16.3 Å². The number of ether oxygens (including phenoxy) is 1. The summed E-state index contributed by atoms with van der Waals surface area (Å²) in [7, 11) is -2.02. The SMILES string of the molecule is CN(C(=O)c1ccc(Cl)c(S(=O)(=O)NCC2CCCO2)c1)C1CCCCCC1. The minimum atomic E-state index is -3.82. The highest BCUT2D eigenvalue weighted by Gasteiger charge is 2.26. The molecule has 1 N–H and O–H groups in total. The van der Waals surface area contributed by atoms with Gasteiger partial charge >= 0.3 is 0 Å². The number of carbonyl (C=O) groups is 1. The van der Waals surface area contributed by atoms with Gasteiger partial charge in [0.25, 0.3) is 5.91 Å². The molecular formula is C20H29ClN2O4S. The molecule has 2 aliphatic rings. The number of hydrogen-bond acceptors (Lipinski definition) is 4. The Balaban J connectivity index is 1.74. The number of nitrogens with zero attached hydrogens (tertiary/aromatic N) is 1. The van der Waals surface area contributed by atoms with E-state index in [1.165, 1.54) is 25.0 Å². The van der Waals surface area contributed by atoms with Crippen LogP contribution in [-0.2, 0) is 14.8 Å². The molecule has 1 aromatic rings. The van der Waals surface area contributed by atoms with Gasteiger partial charge in [-0.25, -0.2) is 13.1 Å².